The summed E-state index contributed by atoms with van der Waals surface area (Å²) in [5.41, 5.74) is 4.33. The van der Waals surface area contributed by atoms with Crippen molar-refractivity contribution in [2.75, 3.05) is 0 Å². The van der Waals surface area contributed by atoms with Gasteiger partial charge in [-0.2, -0.15) is 5.10 Å². The highest BCUT2D eigenvalue weighted by atomic mass is 79.9. The summed E-state index contributed by atoms with van der Waals surface area (Å²) in [7, 11) is 4.03. The van der Waals surface area contributed by atoms with Crippen LogP contribution in [0.15, 0.2) is 16.9 Å². The van der Waals surface area contributed by atoms with Crippen molar-refractivity contribution in [2.24, 2.45) is 14.1 Å². The molecule has 0 amide bonds. The van der Waals surface area contributed by atoms with Gasteiger partial charge in [0.25, 0.3) is 0 Å². The normalized spacial score (nSPS) is 15.0. The lowest BCUT2D eigenvalue weighted by molar-refractivity contribution is 0.740. The molecular formula is C17H20BrN5. The molecule has 5 nitrogen and oxygen atoms in total. The van der Waals surface area contributed by atoms with E-state index in [1.807, 2.05) is 17.9 Å². The number of aromatic nitrogens is 5. The molecule has 0 aromatic carbocycles. The Morgan fingerprint density at radius 3 is 2.57 bits per heavy atom. The highest BCUT2D eigenvalue weighted by molar-refractivity contribution is 9.10. The van der Waals surface area contributed by atoms with Crippen molar-refractivity contribution < 1.29 is 0 Å². The first-order valence-corrected chi connectivity index (χ1v) is 8.81. The number of nitrogens with zero attached hydrogens (tertiary/aromatic N) is 5. The van der Waals surface area contributed by atoms with Crippen LogP contribution in [0.4, 0.5) is 0 Å². The van der Waals surface area contributed by atoms with Gasteiger partial charge in [0.1, 0.15) is 10.4 Å². The van der Waals surface area contributed by atoms with Crippen molar-refractivity contribution in [1.82, 2.24) is 24.3 Å². The van der Waals surface area contributed by atoms with E-state index in [0.717, 1.165) is 32.7 Å². The zero-order valence-electron chi connectivity index (χ0n) is 13.8. The molecule has 3 aromatic heterocycles. The fraction of sp³-hybridized carbons (Fsp3) is 0.471. The summed E-state index contributed by atoms with van der Waals surface area (Å²) in [5.74, 6) is 1.95. The molecule has 1 fully saturated rings. The minimum absolute atomic E-state index is 0.412. The standard InChI is InChI=1S/C17H20BrN5/c1-9(2)14-15(18)20-17(23(14)4)12-7-11-8-22(3)21-16(11)19-13(12)10-5-6-10/h7-10H,5-6H2,1-4H3. The first kappa shape index (κ1) is 14.9. The molecule has 0 saturated heterocycles. The maximum Gasteiger partial charge on any atom is 0.181 e. The van der Waals surface area contributed by atoms with Gasteiger partial charge in [-0.3, -0.25) is 4.68 Å². The quantitative estimate of drug-likeness (QED) is 0.693. The first-order valence-electron chi connectivity index (χ1n) is 8.02. The van der Waals surface area contributed by atoms with Crippen LogP contribution >= 0.6 is 15.9 Å². The van der Waals surface area contributed by atoms with E-state index in [1.54, 1.807) is 0 Å². The van der Waals surface area contributed by atoms with Crippen molar-refractivity contribution >= 4 is 27.0 Å². The van der Waals surface area contributed by atoms with Crippen LogP contribution in [0.1, 0.15) is 49.9 Å². The van der Waals surface area contributed by atoms with E-state index in [2.05, 4.69) is 52.6 Å². The van der Waals surface area contributed by atoms with Gasteiger partial charge in [0.05, 0.1) is 11.4 Å². The van der Waals surface area contributed by atoms with E-state index in [-0.39, 0.29) is 0 Å². The summed E-state index contributed by atoms with van der Waals surface area (Å²) in [6.45, 7) is 4.38. The van der Waals surface area contributed by atoms with Crippen molar-refractivity contribution in [3.63, 3.8) is 0 Å². The van der Waals surface area contributed by atoms with Crippen LogP contribution in [-0.4, -0.2) is 24.3 Å². The third kappa shape index (κ3) is 2.40. The van der Waals surface area contributed by atoms with E-state index >= 15 is 0 Å². The number of aryl methyl sites for hydroxylation is 1. The van der Waals surface area contributed by atoms with Crippen molar-refractivity contribution in [3.05, 3.63) is 28.3 Å². The molecule has 6 heteroatoms. The minimum Gasteiger partial charge on any atom is -0.330 e. The van der Waals surface area contributed by atoms with Crippen LogP contribution in [-0.2, 0) is 14.1 Å². The highest BCUT2D eigenvalue weighted by Crippen LogP contribution is 2.44. The van der Waals surface area contributed by atoms with Crippen LogP contribution < -0.4 is 0 Å². The van der Waals surface area contributed by atoms with E-state index in [0.29, 0.717) is 11.8 Å². The molecule has 23 heavy (non-hydrogen) atoms. The molecular weight excluding hydrogens is 354 g/mol. The van der Waals surface area contributed by atoms with Crippen molar-refractivity contribution in [2.45, 2.75) is 38.5 Å². The predicted molar refractivity (Wildman–Crippen MR) is 94.5 cm³/mol. The van der Waals surface area contributed by atoms with E-state index in [4.69, 9.17) is 9.97 Å². The molecule has 0 unspecified atom stereocenters. The maximum atomic E-state index is 4.86. The Morgan fingerprint density at radius 2 is 1.96 bits per heavy atom. The van der Waals surface area contributed by atoms with E-state index in [9.17, 15) is 0 Å². The van der Waals surface area contributed by atoms with Gasteiger partial charge in [0.15, 0.2) is 5.65 Å². The molecule has 3 heterocycles. The number of halogens is 1. The molecule has 0 radical (unpaired) electrons. The second-order valence-electron chi connectivity index (χ2n) is 6.74. The van der Waals surface area contributed by atoms with Gasteiger partial charge >= 0.3 is 0 Å². The largest absolute Gasteiger partial charge is 0.330 e. The van der Waals surface area contributed by atoms with Crippen LogP contribution in [0, 0.1) is 0 Å². The molecule has 1 aliphatic carbocycles. The Morgan fingerprint density at radius 1 is 1.22 bits per heavy atom. The molecule has 1 aliphatic rings. The van der Waals surface area contributed by atoms with Gasteiger partial charge in [0.2, 0.25) is 0 Å². The lowest BCUT2D eigenvalue weighted by atomic mass is 10.1. The Balaban J connectivity index is 1.97. The van der Waals surface area contributed by atoms with Gasteiger partial charge in [0, 0.05) is 37.2 Å². The zero-order chi connectivity index (χ0) is 16.3. The number of fused-ring (bicyclic) bond motifs is 1. The zero-order valence-corrected chi connectivity index (χ0v) is 15.4. The fourth-order valence-electron chi connectivity index (χ4n) is 3.28. The van der Waals surface area contributed by atoms with Gasteiger partial charge in [-0.15, -0.1) is 0 Å². The minimum atomic E-state index is 0.412. The molecule has 0 bridgehead atoms. The number of rotatable bonds is 3. The third-order valence-corrected chi connectivity index (χ3v) is 5.07. The van der Waals surface area contributed by atoms with Crippen LogP contribution in [0.5, 0.6) is 0 Å². The van der Waals surface area contributed by atoms with Crippen molar-refractivity contribution in [3.8, 4) is 11.4 Å². The second-order valence-corrected chi connectivity index (χ2v) is 7.49. The summed E-state index contributed by atoms with van der Waals surface area (Å²) in [5, 5.41) is 5.53. The summed E-state index contributed by atoms with van der Waals surface area (Å²) < 4.78 is 4.95. The Labute approximate surface area is 143 Å². The summed E-state index contributed by atoms with van der Waals surface area (Å²) in [6.07, 6.45) is 4.44. The lowest BCUT2D eigenvalue weighted by Crippen LogP contribution is -2.03. The average molecular weight is 374 g/mol. The Bertz CT molecular complexity index is 901. The first-order chi connectivity index (χ1) is 11.0. The fourth-order valence-corrected chi connectivity index (χ4v) is 4.17. The Hall–Kier alpha value is -1.69. The number of imidazole rings is 1. The predicted octanol–water partition coefficient (Wildman–Crippen LogP) is 4.13. The lowest BCUT2D eigenvalue weighted by Gasteiger charge is -2.11. The van der Waals surface area contributed by atoms with Crippen LogP contribution in [0.3, 0.4) is 0 Å². The summed E-state index contributed by atoms with van der Waals surface area (Å²) in [6, 6.07) is 2.20. The Kier molecular flexibility index (Phi) is 3.34. The highest BCUT2D eigenvalue weighted by Gasteiger charge is 2.31. The van der Waals surface area contributed by atoms with Gasteiger partial charge in [-0.25, -0.2) is 9.97 Å². The third-order valence-electron chi connectivity index (χ3n) is 4.49. The molecule has 0 aliphatic heterocycles. The molecule has 0 atom stereocenters. The smallest absolute Gasteiger partial charge is 0.181 e. The molecule has 4 rings (SSSR count). The molecule has 1 saturated carbocycles. The molecule has 0 N–H and O–H groups in total. The van der Waals surface area contributed by atoms with Gasteiger partial charge in [-0.1, -0.05) is 13.8 Å². The summed E-state index contributed by atoms with van der Waals surface area (Å²) in [4.78, 5) is 9.66. The number of hydrogen-bond donors (Lipinski definition) is 0. The van der Waals surface area contributed by atoms with Gasteiger partial charge < -0.3 is 4.57 Å². The van der Waals surface area contributed by atoms with Crippen molar-refractivity contribution in [1.29, 1.82) is 0 Å². The van der Waals surface area contributed by atoms with Gasteiger partial charge in [-0.05, 0) is 40.8 Å². The van der Waals surface area contributed by atoms with Crippen LogP contribution in [0.25, 0.3) is 22.4 Å². The maximum absolute atomic E-state index is 4.86. The number of pyridine rings is 1. The van der Waals surface area contributed by atoms with Crippen LogP contribution in [0.2, 0.25) is 0 Å². The second kappa shape index (κ2) is 5.16. The SMILES string of the molecule is CC(C)c1c(Br)nc(-c2cc3cn(C)nc3nc2C2CC2)n1C. The van der Waals surface area contributed by atoms with E-state index in [1.165, 1.54) is 18.5 Å². The average Bonchev–Trinajstić information content (AvgIpc) is 3.18. The topological polar surface area (TPSA) is 48.5 Å². The molecule has 120 valence electrons. The number of hydrogen-bond acceptors (Lipinski definition) is 3. The monoisotopic (exact) mass is 373 g/mol. The molecule has 3 aromatic rings. The summed E-state index contributed by atoms with van der Waals surface area (Å²) >= 11 is 3.63. The van der Waals surface area contributed by atoms with E-state index < -0.39 is 0 Å². The molecule has 0 spiro atoms.